The molecule has 0 spiro atoms. The third-order valence-electron chi connectivity index (χ3n) is 5.66. The Labute approximate surface area is 203 Å². The van der Waals surface area contributed by atoms with Crippen molar-refractivity contribution in [3.05, 3.63) is 88.1 Å². The number of hydrogen-bond acceptors (Lipinski definition) is 6. The van der Waals surface area contributed by atoms with Crippen molar-refractivity contribution in [3.8, 4) is 5.75 Å². The van der Waals surface area contributed by atoms with Crippen LogP contribution in [0.4, 0.5) is 0 Å². The quantitative estimate of drug-likeness (QED) is 0.463. The van der Waals surface area contributed by atoms with Gasteiger partial charge in [-0.15, -0.1) is 11.3 Å². The van der Waals surface area contributed by atoms with Crippen LogP contribution < -0.4 is 4.74 Å². The number of hydrogen-bond donors (Lipinski definition) is 0. The molecule has 0 radical (unpaired) electrons. The highest BCUT2D eigenvalue weighted by atomic mass is 32.1. The third-order valence-corrected chi connectivity index (χ3v) is 6.52. The average molecular weight is 478 g/mol. The summed E-state index contributed by atoms with van der Waals surface area (Å²) in [5, 5.41) is 8.09. The molecule has 0 fully saturated rings. The lowest BCUT2D eigenvalue weighted by molar-refractivity contribution is -0.133. The lowest BCUT2D eigenvalue weighted by Gasteiger charge is -2.26. The van der Waals surface area contributed by atoms with Gasteiger partial charge in [0, 0.05) is 25.6 Å². The Morgan fingerprint density at radius 1 is 1.09 bits per heavy atom. The number of carbonyl (C=O) groups excluding carboxylic acids is 2. The van der Waals surface area contributed by atoms with E-state index in [1.54, 1.807) is 20.3 Å². The molecule has 0 bridgehead atoms. The predicted octanol–water partition coefficient (Wildman–Crippen LogP) is 4.22. The zero-order valence-electron chi connectivity index (χ0n) is 19.2. The maximum atomic E-state index is 13.5. The Balaban J connectivity index is 1.62. The zero-order valence-corrected chi connectivity index (χ0v) is 20.0. The molecular formula is C26H27N3O4S. The molecule has 3 aromatic rings. The van der Waals surface area contributed by atoms with Gasteiger partial charge < -0.3 is 14.4 Å². The maximum absolute atomic E-state index is 13.5. The van der Waals surface area contributed by atoms with Crippen molar-refractivity contribution in [2.24, 2.45) is 5.10 Å². The SMILES string of the molecule is COCCN(CC(=O)N1N=C(c2cccc(OC)c2)C[C@H]1c1ccccc1)C(=O)c1cccs1. The fourth-order valence-corrected chi connectivity index (χ4v) is 4.59. The Hall–Kier alpha value is -3.49. The molecule has 1 aromatic heterocycles. The van der Waals surface area contributed by atoms with E-state index in [1.807, 2.05) is 66.0 Å². The van der Waals surface area contributed by atoms with Gasteiger partial charge in [0.15, 0.2) is 0 Å². The molecule has 1 aliphatic heterocycles. The molecule has 2 heterocycles. The van der Waals surface area contributed by atoms with Gasteiger partial charge >= 0.3 is 0 Å². The average Bonchev–Trinajstić information content (AvgIpc) is 3.57. The van der Waals surface area contributed by atoms with Crippen LogP contribution in [0.5, 0.6) is 5.75 Å². The van der Waals surface area contributed by atoms with Crippen molar-refractivity contribution in [2.75, 3.05) is 33.9 Å². The number of rotatable bonds is 9. The van der Waals surface area contributed by atoms with Gasteiger partial charge in [0.25, 0.3) is 11.8 Å². The molecule has 4 rings (SSSR count). The molecule has 2 amide bonds. The van der Waals surface area contributed by atoms with Crippen molar-refractivity contribution in [3.63, 3.8) is 0 Å². The van der Waals surface area contributed by atoms with Gasteiger partial charge in [0.2, 0.25) is 0 Å². The summed E-state index contributed by atoms with van der Waals surface area (Å²) in [5.74, 6) is 0.300. The lowest BCUT2D eigenvalue weighted by atomic mass is 9.98. The van der Waals surface area contributed by atoms with E-state index >= 15 is 0 Å². The monoisotopic (exact) mass is 477 g/mol. The van der Waals surface area contributed by atoms with Gasteiger partial charge in [-0.05, 0) is 29.1 Å². The van der Waals surface area contributed by atoms with Gasteiger partial charge in [0.05, 0.1) is 30.3 Å². The zero-order chi connectivity index (χ0) is 23.9. The van der Waals surface area contributed by atoms with E-state index in [9.17, 15) is 9.59 Å². The van der Waals surface area contributed by atoms with Crippen LogP contribution in [0, 0.1) is 0 Å². The Bertz CT molecular complexity index is 1150. The summed E-state index contributed by atoms with van der Waals surface area (Å²) < 4.78 is 10.5. The summed E-state index contributed by atoms with van der Waals surface area (Å²) in [6.45, 7) is 0.568. The molecule has 1 atom stereocenters. The first-order chi connectivity index (χ1) is 16.6. The molecule has 34 heavy (non-hydrogen) atoms. The summed E-state index contributed by atoms with van der Waals surface area (Å²) in [6, 6.07) is 20.8. The summed E-state index contributed by atoms with van der Waals surface area (Å²) in [4.78, 5) is 28.7. The standard InChI is InChI=1S/C26H27N3O4S/c1-32-14-13-28(26(31)24-12-7-15-34-24)18-25(30)29-23(19-8-4-3-5-9-19)17-22(27-29)20-10-6-11-21(16-20)33-2/h3-12,15-16,23H,13-14,17-18H2,1-2H3/t23-/m0/s1. The van der Waals surface area contributed by atoms with Gasteiger partial charge in [-0.25, -0.2) is 5.01 Å². The molecule has 0 saturated heterocycles. The highest BCUT2D eigenvalue weighted by Crippen LogP contribution is 2.33. The smallest absolute Gasteiger partial charge is 0.264 e. The van der Waals surface area contributed by atoms with Crippen LogP contribution in [-0.2, 0) is 9.53 Å². The summed E-state index contributed by atoms with van der Waals surface area (Å²) in [7, 11) is 3.20. The second-order valence-electron chi connectivity index (χ2n) is 7.84. The van der Waals surface area contributed by atoms with E-state index in [2.05, 4.69) is 0 Å². The Morgan fingerprint density at radius 3 is 2.62 bits per heavy atom. The van der Waals surface area contributed by atoms with Gasteiger partial charge in [-0.3, -0.25) is 9.59 Å². The van der Waals surface area contributed by atoms with Crippen molar-refractivity contribution in [1.82, 2.24) is 9.91 Å². The van der Waals surface area contributed by atoms with E-state index in [4.69, 9.17) is 14.6 Å². The van der Waals surface area contributed by atoms with Gasteiger partial charge in [-0.2, -0.15) is 5.10 Å². The summed E-state index contributed by atoms with van der Waals surface area (Å²) in [5.41, 5.74) is 2.70. The summed E-state index contributed by atoms with van der Waals surface area (Å²) in [6.07, 6.45) is 0.569. The van der Waals surface area contributed by atoms with E-state index < -0.39 is 0 Å². The van der Waals surface area contributed by atoms with Crippen LogP contribution in [0.25, 0.3) is 0 Å². The van der Waals surface area contributed by atoms with Crippen LogP contribution in [0.1, 0.15) is 33.3 Å². The van der Waals surface area contributed by atoms with Crippen LogP contribution >= 0.6 is 11.3 Å². The Kier molecular flexibility index (Phi) is 7.72. The topological polar surface area (TPSA) is 71.4 Å². The molecule has 0 aliphatic carbocycles. The molecule has 7 nitrogen and oxygen atoms in total. The van der Waals surface area contributed by atoms with Gasteiger partial charge in [-0.1, -0.05) is 48.5 Å². The number of amides is 2. The number of hydrazone groups is 1. The summed E-state index contributed by atoms with van der Waals surface area (Å²) >= 11 is 1.35. The number of carbonyl (C=O) groups is 2. The number of nitrogens with zero attached hydrogens (tertiary/aromatic N) is 3. The molecule has 176 valence electrons. The first-order valence-corrected chi connectivity index (χ1v) is 11.9. The van der Waals surface area contributed by atoms with Crippen molar-refractivity contribution in [2.45, 2.75) is 12.5 Å². The van der Waals surface area contributed by atoms with Crippen LogP contribution in [-0.4, -0.2) is 61.4 Å². The van der Waals surface area contributed by atoms with E-state index in [0.29, 0.717) is 24.4 Å². The molecule has 0 N–H and O–H groups in total. The minimum atomic E-state index is -0.254. The van der Waals surface area contributed by atoms with E-state index in [0.717, 1.165) is 22.6 Å². The molecule has 0 unspecified atom stereocenters. The lowest BCUT2D eigenvalue weighted by Crippen LogP contribution is -2.42. The first-order valence-electron chi connectivity index (χ1n) is 11.0. The largest absolute Gasteiger partial charge is 0.497 e. The van der Waals surface area contributed by atoms with Crippen LogP contribution in [0.3, 0.4) is 0 Å². The minimum Gasteiger partial charge on any atom is -0.497 e. The highest BCUT2D eigenvalue weighted by Gasteiger charge is 2.34. The predicted molar refractivity (Wildman–Crippen MR) is 132 cm³/mol. The minimum absolute atomic E-state index is 0.0850. The fraction of sp³-hybridized carbons (Fsp3) is 0.269. The number of ether oxygens (including phenoxy) is 2. The van der Waals surface area contributed by atoms with Crippen molar-refractivity contribution in [1.29, 1.82) is 0 Å². The van der Waals surface area contributed by atoms with E-state index in [-0.39, 0.29) is 24.4 Å². The highest BCUT2D eigenvalue weighted by molar-refractivity contribution is 7.12. The molecule has 8 heteroatoms. The molecule has 0 saturated carbocycles. The number of methoxy groups -OCH3 is 2. The van der Waals surface area contributed by atoms with Crippen molar-refractivity contribution >= 4 is 28.9 Å². The molecule has 2 aromatic carbocycles. The maximum Gasteiger partial charge on any atom is 0.264 e. The molecule has 1 aliphatic rings. The Morgan fingerprint density at radius 2 is 1.91 bits per heavy atom. The molecular weight excluding hydrogens is 450 g/mol. The van der Waals surface area contributed by atoms with Crippen LogP contribution in [0.15, 0.2) is 77.2 Å². The second-order valence-corrected chi connectivity index (χ2v) is 8.79. The number of benzene rings is 2. The normalized spacial score (nSPS) is 15.2. The van der Waals surface area contributed by atoms with Crippen LogP contribution in [0.2, 0.25) is 0 Å². The fourth-order valence-electron chi connectivity index (χ4n) is 3.90. The number of thiophene rings is 1. The second kappa shape index (κ2) is 11.1. The first kappa shape index (κ1) is 23.7. The van der Waals surface area contributed by atoms with Gasteiger partial charge in [0.1, 0.15) is 12.3 Å². The third kappa shape index (κ3) is 5.35. The van der Waals surface area contributed by atoms with E-state index in [1.165, 1.54) is 21.2 Å². The van der Waals surface area contributed by atoms with Crippen molar-refractivity contribution < 1.29 is 19.1 Å².